The van der Waals surface area contributed by atoms with Crippen LogP contribution in [0.4, 0.5) is 9.52 Å². The smallest absolute Gasteiger partial charge is 0.269 e. The van der Waals surface area contributed by atoms with Crippen LogP contribution in [0.3, 0.4) is 0 Å². The summed E-state index contributed by atoms with van der Waals surface area (Å²) in [5.41, 5.74) is 1.94. The molecule has 0 spiro atoms. The highest BCUT2D eigenvalue weighted by Crippen LogP contribution is 2.29. The van der Waals surface area contributed by atoms with Crippen LogP contribution in [-0.4, -0.2) is 23.0 Å². The van der Waals surface area contributed by atoms with E-state index in [0.717, 1.165) is 17.1 Å². The molecular formula is C19H20FN3O2S2. The number of halogens is 1. The van der Waals surface area contributed by atoms with Crippen LogP contribution in [0.1, 0.15) is 34.2 Å². The third kappa shape index (κ3) is 4.51. The van der Waals surface area contributed by atoms with Gasteiger partial charge in [0.25, 0.3) is 5.91 Å². The summed E-state index contributed by atoms with van der Waals surface area (Å²) in [6, 6.07) is 4.65. The van der Waals surface area contributed by atoms with Crippen molar-refractivity contribution in [1.29, 1.82) is 0 Å². The Morgan fingerprint density at radius 3 is 2.78 bits per heavy atom. The number of ether oxygens (including phenoxy) is 1. The summed E-state index contributed by atoms with van der Waals surface area (Å²) in [6.45, 7) is 6.08. The normalized spacial score (nSPS) is 11.0. The first kappa shape index (κ1) is 19.4. The Morgan fingerprint density at radius 2 is 2.11 bits per heavy atom. The largest absolute Gasteiger partial charge is 0.494 e. The lowest BCUT2D eigenvalue weighted by atomic mass is 10.1. The minimum Gasteiger partial charge on any atom is -0.494 e. The Hall–Kier alpha value is -2.32. The molecule has 5 nitrogen and oxygen atoms in total. The van der Waals surface area contributed by atoms with E-state index >= 15 is 0 Å². The topological polar surface area (TPSA) is 64.1 Å². The van der Waals surface area contributed by atoms with Gasteiger partial charge in [0, 0.05) is 17.4 Å². The lowest BCUT2D eigenvalue weighted by Gasteiger charge is -2.03. The van der Waals surface area contributed by atoms with Crippen molar-refractivity contribution in [2.45, 2.75) is 27.2 Å². The van der Waals surface area contributed by atoms with Crippen LogP contribution in [0.2, 0.25) is 0 Å². The summed E-state index contributed by atoms with van der Waals surface area (Å²) in [4.78, 5) is 22.0. The molecule has 2 heterocycles. The molecule has 3 aromatic rings. The number of hydrogen-bond acceptors (Lipinski definition) is 6. The van der Waals surface area contributed by atoms with Crippen LogP contribution in [0.5, 0.6) is 5.75 Å². The molecule has 0 aliphatic heterocycles. The van der Waals surface area contributed by atoms with Crippen LogP contribution in [0.25, 0.3) is 11.3 Å². The number of benzene rings is 1. The van der Waals surface area contributed by atoms with E-state index in [0.29, 0.717) is 27.2 Å². The van der Waals surface area contributed by atoms with Gasteiger partial charge in [0.05, 0.1) is 23.5 Å². The molecule has 1 N–H and O–H groups in total. The highest BCUT2D eigenvalue weighted by molar-refractivity contribution is 7.15. The molecule has 0 saturated heterocycles. The molecule has 0 radical (unpaired) electrons. The first-order chi connectivity index (χ1) is 12.9. The number of hydrogen-bond donors (Lipinski definition) is 1. The van der Waals surface area contributed by atoms with E-state index in [1.807, 2.05) is 6.92 Å². The lowest BCUT2D eigenvalue weighted by Crippen LogP contribution is -2.11. The van der Waals surface area contributed by atoms with Crippen molar-refractivity contribution >= 4 is 33.7 Å². The van der Waals surface area contributed by atoms with Crippen LogP contribution in [0, 0.1) is 18.7 Å². The van der Waals surface area contributed by atoms with E-state index in [9.17, 15) is 9.18 Å². The number of thiazole rings is 2. The molecule has 0 bridgehead atoms. The Bertz CT molecular complexity index is 966. The average Bonchev–Trinajstić information content (AvgIpc) is 3.21. The third-order valence-corrected chi connectivity index (χ3v) is 5.74. The molecule has 8 heteroatoms. The van der Waals surface area contributed by atoms with Crippen molar-refractivity contribution in [1.82, 2.24) is 9.97 Å². The number of aromatic nitrogens is 2. The SMILES string of the molecule is COc1ccc(-c2csc(NC(=O)c3sc(CC(C)C)nc3C)n2)cc1F. The molecule has 3 rings (SSSR count). The summed E-state index contributed by atoms with van der Waals surface area (Å²) in [5, 5.41) is 6.01. The van der Waals surface area contributed by atoms with E-state index in [1.54, 1.807) is 17.5 Å². The van der Waals surface area contributed by atoms with Crippen molar-refractivity contribution in [2.24, 2.45) is 5.92 Å². The Balaban J connectivity index is 1.75. The first-order valence-corrected chi connectivity index (χ1v) is 10.1. The van der Waals surface area contributed by atoms with Crippen molar-refractivity contribution in [3.63, 3.8) is 0 Å². The fraction of sp³-hybridized carbons (Fsp3) is 0.316. The van der Waals surface area contributed by atoms with Crippen LogP contribution in [0.15, 0.2) is 23.6 Å². The second-order valence-corrected chi connectivity index (χ2v) is 8.40. The number of aryl methyl sites for hydroxylation is 1. The summed E-state index contributed by atoms with van der Waals surface area (Å²) >= 11 is 2.71. The second-order valence-electron chi connectivity index (χ2n) is 6.46. The van der Waals surface area contributed by atoms with Gasteiger partial charge in [0.1, 0.15) is 4.88 Å². The van der Waals surface area contributed by atoms with E-state index in [-0.39, 0.29) is 11.7 Å². The van der Waals surface area contributed by atoms with E-state index in [1.165, 1.54) is 35.8 Å². The highest BCUT2D eigenvalue weighted by atomic mass is 32.1. The maximum Gasteiger partial charge on any atom is 0.269 e. The Kier molecular flexibility index (Phi) is 5.86. The molecular weight excluding hydrogens is 385 g/mol. The zero-order valence-corrected chi connectivity index (χ0v) is 17.1. The minimum absolute atomic E-state index is 0.181. The van der Waals surface area contributed by atoms with Gasteiger partial charge in [-0.3, -0.25) is 10.1 Å². The van der Waals surface area contributed by atoms with Gasteiger partial charge in [-0.25, -0.2) is 14.4 Å². The second kappa shape index (κ2) is 8.14. The summed E-state index contributed by atoms with van der Waals surface area (Å²) in [7, 11) is 1.42. The van der Waals surface area contributed by atoms with E-state index < -0.39 is 5.82 Å². The number of methoxy groups -OCH3 is 1. The minimum atomic E-state index is -0.452. The predicted octanol–water partition coefficient (Wildman–Crippen LogP) is 5.17. The number of nitrogens with zero attached hydrogens (tertiary/aromatic N) is 2. The van der Waals surface area contributed by atoms with E-state index in [4.69, 9.17) is 4.74 Å². The molecule has 142 valence electrons. The Labute approximate surface area is 165 Å². The summed E-state index contributed by atoms with van der Waals surface area (Å²) in [5.74, 6) is -0.00776. The maximum absolute atomic E-state index is 13.9. The predicted molar refractivity (Wildman–Crippen MR) is 107 cm³/mol. The Morgan fingerprint density at radius 1 is 1.33 bits per heavy atom. The van der Waals surface area contributed by atoms with Crippen molar-refractivity contribution < 1.29 is 13.9 Å². The zero-order chi connectivity index (χ0) is 19.6. The number of rotatable bonds is 6. The number of anilines is 1. The lowest BCUT2D eigenvalue weighted by molar-refractivity contribution is 0.103. The van der Waals surface area contributed by atoms with Crippen molar-refractivity contribution in [3.05, 3.63) is 45.0 Å². The monoisotopic (exact) mass is 405 g/mol. The zero-order valence-electron chi connectivity index (χ0n) is 15.5. The van der Waals surface area contributed by atoms with Gasteiger partial charge < -0.3 is 4.74 Å². The molecule has 2 aromatic heterocycles. The fourth-order valence-corrected chi connectivity index (χ4v) is 4.43. The van der Waals surface area contributed by atoms with E-state index in [2.05, 4.69) is 29.1 Å². The summed E-state index contributed by atoms with van der Waals surface area (Å²) < 4.78 is 18.8. The number of nitrogens with one attached hydrogen (secondary N) is 1. The van der Waals surface area contributed by atoms with Crippen LogP contribution >= 0.6 is 22.7 Å². The van der Waals surface area contributed by atoms with Crippen LogP contribution in [-0.2, 0) is 6.42 Å². The molecule has 0 fully saturated rings. The van der Waals surface area contributed by atoms with Gasteiger partial charge in [0.15, 0.2) is 16.7 Å². The van der Waals surface area contributed by atoms with Gasteiger partial charge in [-0.1, -0.05) is 13.8 Å². The number of amides is 1. The molecule has 0 aliphatic carbocycles. The molecule has 1 amide bonds. The van der Waals surface area contributed by atoms with Crippen LogP contribution < -0.4 is 10.1 Å². The number of carbonyl (C=O) groups is 1. The quantitative estimate of drug-likeness (QED) is 0.614. The van der Waals surface area contributed by atoms with Gasteiger partial charge in [-0.2, -0.15) is 0 Å². The van der Waals surface area contributed by atoms with Gasteiger partial charge >= 0.3 is 0 Å². The van der Waals surface area contributed by atoms with Crippen molar-refractivity contribution in [2.75, 3.05) is 12.4 Å². The standard InChI is InChI=1S/C19H20FN3O2S2/c1-10(2)7-16-21-11(3)17(27-16)18(24)23-19-22-14(9-26-19)12-5-6-15(25-4)13(20)8-12/h5-6,8-10H,7H2,1-4H3,(H,22,23,24). The number of carbonyl (C=O) groups excluding carboxylic acids is 1. The molecule has 0 saturated carbocycles. The highest BCUT2D eigenvalue weighted by Gasteiger charge is 2.17. The molecule has 27 heavy (non-hydrogen) atoms. The molecule has 0 unspecified atom stereocenters. The van der Waals surface area contributed by atoms with Gasteiger partial charge in [0.2, 0.25) is 0 Å². The maximum atomic E-state index is 13.9. The van der Waals surface area contributed by atoms with Crippen molar-refractivity contribution in [3.8, 4) is 17.0 Å². The average molecular weight is 406 g/mol. The third-order valence-electron chi connectivity index (χ3n) is 3.80. The van der Waals surface area contributed by atoms with Gasteiger partial charge in [-0.15, -0.1) is 22.7 Å². The summed E-state index contributed by atoms with van der Waals surface area (Å²) in [6.07, 6.45) is 0.850. The molecule has 0 atom stereocenters. The van der Waals surface area contributed by atoms with Gasteiger partial charge in [-0.05, 0) is 31.0 Å². The molecule has 1 aromatic carbocycles. The first-order valence-electron chi connectivity index (χ1n) is 8.44. The fourth-order valence-electron chi connectivity index (χ4n) is 2.54. The molecule has 0 aliphatic rings.